The number of anilines is 1. The summed E-state index contributed by atoms with van der Waals surface area (Å²) in [6.07, 6.45) is 1.74. The molecule has 3 aromatic rings. The number of carbonyl (C=O) groups is 1. The smallest absolute Gasteiger partial charge is 0.256 e. The third-order valence-corrected chi connectivity index (χ3v) is 7.82. The van der Waals surface area contributed by atoms with Gasteiger partial charge in [-0.2, -0.15) is 0 Å². The van der Waals surface area contributed by atoms with Crippen molar-refractivity contribution >= 4 is 44.2 Å². The molecular formula is C26H30N4O5S. The zero-order valence-electron chi connectivity index (χ0n) is 20.3. The lowest BCUT2D eigenvalue weighted by Gasteiger charge is -2.26. The van der Waals surface area contributed by atoms with Gasteiger partial charge in [0, 0.05) is 53.5 Å². The van der Waals surface area contributed by atoms with Gasteiger partial charge >= 0.3 is 0 Å². The molecule has 0 bridgehead atoms. The number of carbonyl (C=O) groups excluding carboxylic acids is 1. The summed E-state index contributed by atoms with van der Waals surface area (Å²) in [6.45, 7) is 8.36. The van der Waals surface area contributed by atoms with E-state index in [1.165, 1.54) is 12.1 Å². The second kappa shape index (κ2) is 10.1. The van der Waals surface area contributed by atoms with Gasteiger partial charge in [-0.05, 0) is 62.4 Å². The summed E-state index contributed by atoms with van der Waals surface area (Å²) in [5.74, 6) is 0.507. The van der Waals surface area contributed by atoms with Crippen molar-refractivity contribution in [3.63, 3.8) is 0 Å². The summed E-state index contributed by atoms with van der Waals surface area (Å²) >= 11 is 0. The fourth-order valence-electron chi connectivity index (χ4n) is 4.43. The van der Waals surface area contributed by atoms with Crippen LogP contribution < -0.4 is 14.8 Å². The van der Waals surface area contributed by atoms with Gasteiger partial charge in [-0.1, -0.05) is 0 Å². The van der Waals surface area contributed by atoms with E-state index >= 15 is 0 Å². The van der Waals surface area contributed by atoms with Crippen LogP contribution in [0.5, 0.6) is 5.75 Å². The molecule has 190 valence electrons. The first-order chi connectivity index (χ1) is 17.3. The Kier molecular flexibility index (Phi) is 6.85. The Labute approximate surface area is 210 Å². The van der Waals surface area contributed by atoms with E-state index in [2.05, 4.69) is 19.9 Å². The van der Waals surface area contributed by atoms with Gasteiger partial charge in [0.25, 0.3) is 5.91 Å². The molecule has 1 saturated heterocycles. The summed E-state index contributed by atoms with van der Waals surface area (Å²) in [5.41, 5.74) is 3.19. The molecule has 9 nitrogen and oxygen atoms in total. The van der Waals surface area contributed by atoms with Crippen molar-refractivity contribution < 1.29 is 22.7 Å². The van der Waals surface area contributed by atoms with Crippen LogP contribution >= 0.6 is 0 Å². The van der Waals surface area contributed by atoms with Gasteiger partial charge in [-0.25, -0.2) is 13.1 Å². The number of hydrogen-bond acceptors (Lipinski definition) is 6. The average Bonchev–Trinajstić information content (AvgIpc) is 3.38. The van der Waals surface area contributed by atoms with Gasteiger partial charge in [-0.3, -0.25) is 9.69 Å². The fraction of sp³-hybridized carbons (Fsp3) is 0.346. The van der Waals surface area contributed by atoms with Crippen molar-refractivity contribution in [2.45, 2.75) is 24.8 Å². The van der Waals surface area contributed by atoms with E-state index in [1.807, 2.05) is 24.3 Å². The highest BCUT2D eigenvalue weighted by Gasteiger charge is 2.27. The van der Waals surface area contributed by atoms with Gasteiger partial charge in [0.1, 0.15) is 12.4 Å². The molecule has 3 heterocycles. The SMILES string of the molecule is CC(C)NS(=O)(=O)c1ccc2c(c1)/C(=C\c1cc3cc(OCCN4CCOCC4)ccc3[nH]1)C(=O)N2. The number of H-pyrrole nitrogens is 1. The molecule has 0 spiro atoms. The predicted octanol–water partition coefficient (Wildman–Crippen LogP) is 3.06. The Balaban J connectivity index is 1.36. The van der Waals surface area contributed by atoms with Crippen LogP contribution in [0.4, 0.5) is 5.69 Å². The number of nitrogens with one attached hydrogen (secondary N) is 3. The maximum absolute atomic E-state index is 12.7. The van der Waals surface area contributed by atoms with Crippen LogP contribution in [-0.4, -0.2) is 69.7 Å². The van der Waals surface area contributed by atoms with E-state index in [1.54, 1.807) is 26.0 Å². The standard InChI is InChI=1S/C26H30N4O5S/c1-17(2)29-36(32,33)21-4-6-25-22(16-21)23(26(31)28-25)15-19-13-18-14-20(3-5-24(18)27-19)35-12-9-30-7-10-34-11-8-30/h3-6,13-17,27,29H,7-12H2,1-2H3,(H,28,31)/b23-15+. The molecule has 5 rings (SSSR count). The molecular weight excluding hydrogens is 480 g/mol. The second-order valence-electron chi connectivity index (χ2n) is 9.27. The third-order valence-electron chi connectivity index (χ3n) is 6.17. The van der Waals surface area contributed by atoms with Crippen LogP contribution in [0.2, 0.25) is 0 Å². The third kappa shape index (κ3) is 5.31. The summed E-state index contributed by atoms with van der Waals surface area (Å²) in [5, 5.41) is 3.77. The van der Waals surface area contributed by atoms with Gasteiger partial charge < -0.3 is 19.8 Å². The number of benzene rings is 2. The maximum atomic E-state index is 12.7. The molecule has 0 radical (unpaired) electrons. The first kappa shape index (κ1) is 24.5. The largest absolute Gasteiger partial charge is 0.492 e. The predicted molar refractivity (Wildman–Crippen MR) is 139 cm³/mol. The maximum Gasteiger partial charge on any atom is 0.256 e. The highest BCUT2D eigenvalue weighted by atomic mass is 32.2. The summed E-state index contributed by atoms with van der Waals surface area (Å²) < 4.78 is 39.2. The zero-order valence-corrected chi connectivity index (χ0v) is 21.2. The first-order valence-electron chi connectivity index (χ1n) is 12.0. The van der Waals surface area contributed by atoms with Crippen LogP contribution in [0.15, 0.2) is 47.4 Å². The lowest BCUT2D eigenvalue weighted by atomic mass is 10.1. The average molecular weight is 511 g/mol. The van der Waals surface area contributed by atoms with E-state index in [-0.39, 0.29) is 16.8 Å². The lowest BCUT2D eigenvalue weighted by Crippen LogP contribution is -2.38. The Morgan fingerprint density at radius 3 is 2.72 bits per heavy atom. The van der Waals surface area contributed by atoms with Crippen LogP contribution in [0.3, 0.4) is 0 Å². The lowest BCUT2D eigenvalue weighted by molar-refractivity contribution is -0.110. The van der Waals surface area contributed by atoms with E-state index in [9.17, 15) is 13.2 Å². The molecule has 0 aliphatic carbocycles. The molecule has 0 saturated carbocycles. The monoisotopic (exact) mass is 510 g/mol. The van der Waals surface area contributed by atoms with Crippen molar-refractivity contribution in [1.29, 1.82) is 0 Å². The quantitative estimate of drug-likeness (QED) is 0.402. The summed E-state index contributed by atoms with van der Waals surface area (Å²) in [7, 11) is -3.68. The Morgan fingerprint density at radius 2 is 1.94 bits per heavy atom. The molecule has 1 amide bonds. The molecule has 1 fully saturated rings. The van der Waals surface area contributed by atoms with Gasteiger partial charge in [0.2, 0.25) is 10.0 Å². The number of nitrogens with zero attached hydrogens (tertiary/aromatic N) is 1. The number of amides is 1. The van der Waals surface area contributed by atoms with Crippen molar-refractivity contribution in [2.24, 2.45) is 0 Å². The fourth-order valence-corrected chi connectivity index (χ4v) is 5.71. The Morgan fingerprint density at radius 1 is 1.14 bits per heavy atom. The number of sulfonamides is 1. The zero-order chi connectivity index (χ0) is 25.3. The minimum atomic E-state index is -3.68. The van der Waals surface area contributed by atoms with Crippen molar-refractivity contribution in [2.75, 3.05) is 44.8 Å². The molecule has 0 atom stereocenters. The molecule has 1 aromatic heterocycles. The van der Waals surface area contributed by atoms with Crippen LogP contribution in [-0.2, 0) is 19.6 Å². The number of aromatic amines is 1. The van der Waals surface area contributed by atoms with Crippen LogP contribution in [0.25, 0.3) is 22.6 Å². The van der Waals surface area contributed by atoms with Crippen molar-refractivity contribution in [3.8, 4) is 5.75 Å². The minimum absolute atomic E-state index is 0.118. The van der Waals surface area contributed by atoms with Gasteiger partial charge in [0.15, 0.2) is 0 Å². The van der Waals surface area contributed by atoms with Crippen molar-refractivity contribution in [3.05, 3.63) is 53.7 Å². The number of rotatable bonds is 8. The highest BCUT2D eigenvalue weighted by molar-refractivity contribution is 7.89. The van der Waals surface area contributed by atoms with E-state index in [0.717, 1.165) is 55.2 Å². The first-order valence-corrected chi connectivity index (χ1v) is 13.5. The number of fused-ring (bicyclic) bond motifs is 2. The molecule has 0 unspecified atom stereocenters. The Bertz CT molecular complexity index is 1420. The minimum Gasteiger partial charge on any atom is -0.492 e. The molecule has 36 heavy (non-hydrogen) atoms. The van der Waals surface area contributed by atoms with Crippen LogP contribution in [0.1, 0.15) is 25.1 Å². The normalized spacial score (nSPS) is 17.6. The molecule has 10 heteroatoms. The van der Waals surface area contributed by atoms with E-state index in [0.29, 0.717) is 23.4 Å². The number of morpholine rings is 1. The number of hydrogen-bond donors (Lipinski definition) is 3. The number of ether oxygens (including phenoxy) is 2. The summed E-state index contributed by atoms with van der Waals surface area (Å²) in [6, 6.07) is 12.2. The molecule has 2 aromatic carbocycles. The molecule has 2 aliphatic heterocycles. The van der Waals surface area contributed by atoms with E-state index in [4.69, 9.17) is 9.47 Å². The Hall–Kier alpha value is -3.18. The van der Waals surface area contributed by atoms with Gasteiger partial charge in [0.05, 0.1) is 23.7 Å². The number of aromatic nitrogens is 1. The molecule has 3 N–H and O–H groups in total. The highest BCUT2D eigenvalue weighted by Crippen LogP contribution is 2.35. The topological polar surface area (TPSA) is 113 Å². The summed E-state index contributed by atoms with van der Waals surface area (Å²) in [4.78, 5) is 18.5. The van der Waals surface area contributed by atoms with Gasteiger partial charge in [-0.15, -0.1) is 0 Å². The second-order valence-corrected chi connectivity index (χ2v) is 11.0. The molecule has 2 aliphatic rings. The van der Waals surface area contributed by atoms with E-state index < -0.39 is 10.0 Å². The van der Waals surface area contributed by atoms with Crippen molar-refractivity contribution in [1.82, 2.24) is 14.6 Å². The van der Waals surface area contributed by atoms with Crippen LogP contribution in [0, 0.1) is 0 Å².